The minimum Gasteiger partial charge on any atom is -0.493 e. The van der Waals surface area contributed by atoms with Gasteiger partial charge < -0.3 is 9.84 Å². The number of benzene rings is 3. The molecule has 1 aliphatic heterocycles. The van der Waals surface area contributed by atoms with Gasteiger partial charge in [0.05, 0.1) is 17.0 Å². The molecule has 0 amide bonds. The standard InChI is InChI=1S/C32H35F3N2O4PS/c1-31(2)19-36(3)42(40,37(4)20-31)30(39)29-18-24-17-23(9-14-28(24)43-29)27(38)15-16-41-26-12-7-22(8-13-26)21-5-10-25(11-6-21)32(33,34)35/h5-14,17-18,30,39-40H,15-16,19-20H2,1-4H3/q+1. The van der Waals surface area contributed by atoms with Crippen LogP contribution in [0.1, 0.15) is 46.9 Å². The van der Waals surface area contributed by atoms with Crippen molar-refractivity contribution < 1.29 is 32.7 Å². The van der Waals surface area contributed by atoms with Gasteiger partial charge >= 0.3 is 14.0 Å². The van der Waals surface area contributed by atoms with Gasteiger partial charge in [0, 0.05) is 43.9 Å². The number of ether oxygens (including phenoxy) is 1. The minimum atomic E-state index is -4.37. The van der Waals surface area contributed by atoms with Crippen molar-refractivity contribution in [1.29, 1.82) is 0 Å². The van der Waals surface area contributed by atoms with Crippen molar-refractivity contribution in [2.24, 2.45) is 5.41 Å². The number of ketones is 1. The largest absolute Gasteiger partial charge is 0.493 e. The Kier molecular flexibility index (Phi) is 8.75. The van der Waals surface area contributed by atoms with Crippen molar-refractivity contribution in [1.82, 2.24) is 9.34 Å². The van der Waals surface area contributed by atoms with Gasteiger partial charge in [-0.1, -0.05) is 38.1 Å². The number of Topliss-reactive ketones (excluding diaryl/α,β-unsaturated/α-hetero) is 1. The number of alkyl halides is 3. The highest BCUT2D eigenvalue weighted by atomic mass is 32.1. The number of thiophene rings is 1. The molecule has 43 heavy (non-hydrogen) atoms. The van der Waals surface area contributed by atoms with Crippen molar-refractivity contribution in [3.05, 3.63) is 88.8 Å². The monoisotopic (exact) mass is 631 g/mol. The minimum absolute atomic E-state index is 0.00649. The molecule has 0 saturated carbocycles. The Morgan fingerprint density at radius 2 is 1.56 bits per heavy atom. The zero-order valence-electron chi connectivity index (χ0n) is 24.4. The van der Waals surface area contributed by atoms with E-state index in [0.29, 0.717) is 34.8 Å². The predicted molar refractivity (Wildman–Crippen MR) is 166 cm³/mol. The maximum Gasteiger partial charge on any atom is 0.416 e. The molecule has 228 valence electrons. The van der Waals surface area contributed by atoms with E-state index in [2.05, 4.69) is 13.8 Å². The molecule has 5 rings (SSSR count). The fourth-order valence-corrected chi connectivity index (χ4v) is 10.0. The van der Waals surface area contributed by atoms with E-state index in [-0.39, 0.29) is 24.2 Å². The zero-order valence-corrected chi connectivity index (χ0v) is 26.1. The molecule has 1 saturated heterocycles. The summed E-state index contributed by atoms with van der Waals surface area (Å²) in [5.41, 5.74) is 1.25. The van der Waals surface area contributed by atoms with Crippen LogP contribution >= 0.6 is 19.1 Å². The third-order valence-electron chi connectivity index (χ3n) is 7.76. The van der Waals surface area contributed by atoms with E-state index in [1.54, 1.807) is 30.3 Å². The number of hydrogen-bond donors (Lipinski definition) is 2. The van der Waals surface area contributed by atoms with Crippen molar-refractivity contribution in [2.45, 2.75) is 32.3 Å². The van der Waals surface area contributed by atoms with Gasteiger partial charge in [-0.25, -0.2) is 4.89 Å². The molecule has 1 unspecified atom stereocenters. The number of halogens is 3. The smallest absolute Gasteiger partial charge is 0.416 e. The van der Waals surface area contributed by atoms with Crippen LogP contribution in [0.25, 0.3) is 21.2 Å². The average molecular weight is 632 g/mol. The first-order valence-electron chi connectivity index (χ1n) is 13.9. The molecule has 0 bridgehead atoms. The van der Waals surface area contributed by atoms with Crippen molar-refractivity contribution in [3.8, 4) is 16.9 Å². The summed E-state index contributed by atoms with van der Waals surface area (Å²) in [7, 11) is 0.721. The highest BCUT2D eigenvalue weighted by Crippen LogP contribution is 2.72. The lowest BCUT2D eigenvalue weighted by Crippen LogP contribution is -2.49. The SMILES string of the molecule is CN1CC(C)(C)CN(C)[P+]1(O)C(O)c1cc2cc(C(=O)CCOc3ccc(-c4ccc(C(F)(F)F)cc4)cc3)ccc2s1. The molecule has 1 aliphatic rings. The second-order valence-corrected chi connectivity index (χ2v) is 16.0. The molecular weight excluding hydrogens is 596 g/mol. The summed E-state index contributed by atoms with van der Waals surface area (Å²) in [5, 5.41) is 12.2. The van der Waals surface area contributed by atoms with Crippen LogP contribution in [0.2, 0.25) is 0 Å². The number of fused-ring (bicyclic) bond motifs is 1. The Hall–Kier alpha value is -2.85. The summed E-state index contributed by atoms with van der Waals surface area (Å²) in [5.74, 6) is -0.580. The summed E-state index contributed by atoms with van der Waals surface area (Å²) < 4.78 is 48.9. The van der Waals surface area contributed by atoms with E-state index in [0.717, 1.165) is 27.8 Å². The van der Waals surface area contributed by atoms with Crippen LogP contribution in [0.5, 0.6) is 5.75 Å². The first kappa shape index (κ1) is 31.6. The van der Waals surface area contributed by atoms with Gasteiger partial charge in [-0.3, -0.25) is 4.79 Å². The number of hydrogen-bond acceptors (Lipinski definition) is 7. The van der Waals surface area contributed by atoms with Gasteiger partial charge in [-0.05, 0) is 70.5 Å². The van der Waals surface area contributed by atoms with Crippen molar-refractivity contribution in [3.63, 3.8) is 0 Å². The first-order valence-corrected chi connectivity index (χ1v) is 16.4. The Labute approximate surface area is 253 Å². The van der Waals surface area contributed by atoms with E-state index in [1.165, 1.54) is 23.5 Å². The topological polar surface area (TPSA) is 73.2 Å². The molecule has 0 aliphatic carbocycles. The third-order valence-corrected chi connectivity index (χ3v) is 12.3. The first-order chi connectivity index (χ1) is 20.2. The highest BCUT2D eigenvalue weighted by Gasteiger charge is 2.59. The van der Waals surface area contributed by atoms with Crippen LogP contribution in [-0.2, 0) is 6.18 Å². The average Bonchev–Trinajstić information content (AvgIpc) is 3.38. The molecule has 6 nitrogen and oxygen atoms in total. The number of nitrogens with zero attached hydrogens (tertiary/aromatic N) is 2. The lowest BCUT2D eigenvalue weighted by atomic mass is 9.93. The molecule has 1 atom stereocenters. The molecule has 3 aromatic carbocycles. The molecule has 1 aromatic heterocycles. The van der Waals surface area contributed by atoms with Crippen LogP contribution in [0, 0.1) is 5.41 Å². The normalized spacial score (nSPS) is 18.1. The fourth-order valence-electron chi connectivity index (χ4n) is 5.67. The maximum atomic E-state index is 12.9. The molecule has 0 radical (unpaired) electrons. The Balaban J connectivity index is 1.20. The molecule has 2 N–H and O–H groups in total. The van der Waals surface area contributed by atoms with Gasteiger partial charge in [-0.15, -0.1) is 20.7 Å². The van der Waals surface area contributed by atoms with Gasteiger partial charge in [0.25, 0.3) is 5.85 Å². The fraction of sp³-hybridized carbons (Fsp3) is 0.344. The van der Waals surface area contributed by atoms with Crippen LogP contribution in [0.3, 0.4) is 0 Å². The molecule has 0 spiro atoms. The number of carbonyl (C=O) groups excluding carboxylic acids is 1. The predicted octanol–water partition coefficient (Wildman–Crippen LogP) is 7.89. The van der Waals surface area contributed by atoms with Gasteiger partial charge in [0.15, 0.2) is 5.78 Å². The molecule has 11 heteroatoms. The quantitative estimate of drug-likeness (QED) is 0.152. The van der Waals surface area contributed by atoms with Crippen LogP contribution in [0.4, 0.5) is 13.2 Å². The van der Waals surface area contributed by atoms with Crippen LogP contribution in [-0.4, -0.2) is 58.9 Å². The van der Waals surface area contributed by atoms with E-state index in [1.807, 2.05) is 41.6 Å². The van der Waals surface area contributed by atoms with E-state index in [4.69, 9.17) is 4.74 Å². The molecule has 2 heterocycles. The summed E-state index contributed by atoms with van der Waals surface area (Å²) in [6, 6.07) is 19.2. The number of aliphatic hydroxyl groups excluding tert-OH is 1. The van der Waals surface area contributed by atoms with E-state index < -0.39 is 25.4 Å². The Morgan fingerprint density at radius 1 is 0.977 bits per heavy atom. The lowest BCUT2D eigenvalue weighted by Gasteiger charge is -2.46. The third kappa shape index (κ3) is 6.65. The number of rotatable bonds is 8. The number of aliphatic hydroxyl groups is 1. The molecule has 1 fully saturated rings. The maximum absolute atomic E-state index is 12.9. The van der Waals surface area contributed by atoms with Gasteiger partial charge in [0.1, 0.15) is 5.75 Å². The molecular formula is C32H35F3N2O4PS+. The summed E-state index contributed by atoms with van der Waals surface area (Å²) >= 11 is 1.42. The zero-order chi connectivity index (χ0) is 31.2. The summed E-state index contributed by atoms with van der Waals surface area (Å²) in [4.78, 5) is 25.3. The molecule has 4 aromatic rings. The highest BCUT2D eigenvalue weighted by molar-refractivity contribution is 7.66. The number of carbonyl (C=O) groups is 1. The van der Waals surface area contributed by atoms with Crippen LogP contribution in [0.15, 0.2) is 72.8 Å². The Morgan fingerprint density at radius 3 is 2.14 bits per heavy atom. The lowest BCUT2D eigenvalue weighted by molar-refractivity contribution is -0.137. The second-order valence-electron chi connectivity index (χ2n) is 11.8. The van der Waals surface area contributed by atoms with Crippen LogP contribution < -0.4 is 4.74 Å². The van der Waals surface area contributed by atoms with Crippen molar-refractivity contribution >= 4 is 35.0 Å². The second kappa shape index (κ2) is 11.9. The van der Waals surface area contributed by atoms with E-state index in [9.17, 15) is 28.0 Å². The van der Waals surface area contributed by atoms with Gasteiger partial charge in [-0.2, -0.15) is 13.2 Å². The Bertz CT molecular complexity index is 1590. The van der Waals surface area contributed by atoms with E-state index >= 15 is 0 Å². The van der Waals surface area contributed by atoms with Crippen molar-refractivity contribution in [2.75, 3.05) is 33.8 Å². The van der Waals surface area contributed by atoms with Gasteiger partial charge in [0.2, 0.25) is 0 Å². The summed E-state index contributed by atoms with van der Waals surface area (Å²) in [6.07, 6.45) is -4.22. The summed E-state index contributed by atoms with van der Waals surface area (Å²) in [6.45, 7) is 5.79.